The number of methoxy groups -OCH3 is 1. The maximum Gasteiger partial charge on any atom is 0.257 e. The molecule has 6 nitrogen and oxygen atoms in total. The molecule has 0 aliphatic heterocycles. The molecule has 1 aromatic carbocycles. The van der Waals surface area contributed by atoms with E-state index in [-0.39, 0.29) is 5.91 Å². The number of nitrogens with one attached hydrogen (secondary N) is 3. The van der Waals surface area contributed by atoms with Gasteiger partial charge in [0, 0.05) is 44.1 Å². The molecule has 0 fully saturated rings. The highest BCUT2D eigenvalue weighted by Gasteiger charge is 2.14. The molecular formula is C19H20F2N4O2. The van der Waals surface area contributed by atoms with Gasteiger partial charge in [0.2, 0.25) is 0 Å². The Morgan fingerprint density at radius 1 is 1.26 bits per heavy atom. The van der Waals surface area contributed by atoms with Gasteiger partial charge < -0.3 is 20.4 Å². The first-order chi connectivity index (χ1) is 13.0. The molecule has 2 aromatic heterocycles. The van der Waals surface area contributed by atoms with Crippen LogP contribution in [0.3, 0.4) is 0 Å². The number of hydrogen-bond acceptors (Lipinski definition) is 4. The standard InChI is InChI=1S/C19H20F2N4O2/c1-11-6-12(9-24-18(11)22-4-3-5-27-2)19(26)25-17-10-23-16-8-15(21)14(20)7-13(16)17/h6-10,23H,3-5H2,1-2H3,(H,22,24)(H,25,26). The zero-order chi connectivity index (χ0) is 19.4. The van der Waals surface area contributed by atoms with Crippen molar-refractivity contribution in [2.45, 2.75) is 13.3 Å². The number of benzene rings is 1. The lowest BCUT2D eigenvalue weighted by Gasteiger charge is -2.10. The first-order valence-corrected chi connectivity index (χ1v) is 8.46. The van der Waals surface area contributed by atoms with Crippen LogP contribution in [-0.2, 0) is 4.74 Å². The third-order valence-corrected chi connectivity index (χ3v) is 4.13. The number of aromatic nitrogens is 2. The molecule has 0 spiro atoms. The van der Waals surface area contributed by atoms with Crippen molar-refractivity contribution in [3.63, 3.8) is 0 Å². The van der Waals surface area contributed by atoms with E-state index < -0.39 is 11.6 Å². The predicted molar refractivity (Wildman–Crippen MR) is 100 cm³/mol. The highest BCUT2D eigenvalue weighted by atomic mass is 19.2. The molecule has 0 aliphatic carbocycles. The van der Waals surface area contributed by atoms with Crippen molar-refractivity contribution in [2.24, 2.45) is 0 Å². The maximum atomic E-state index is 13.5. The summed E-state index contributed by atoms with van der Waals surface area (Å²) in [4.78, 5) is 19.6. The van der Waals surface area contributed by atoms with E-state index in [4.69, 9.17) is 4.74 Å². The second-order valence-corrected chi connectivity index (χ2v) is 6.13. The van der Waals surface area contributed by atoms with E-state index in [9.17, 15) is 13.6 Å². The van der Waals surface area contributed by atoms with Gasteiger partial charge in [-0.05, 0) is 31.0 Å². The summed E-state index contributed by atoms with van der Waals surface area (Å²) in [5, 5.41) is 6.28. The van der Waals surface area contributed by atoms with E-state index in [0.29, 0.717) is 41.1 Å². The molecule has 3 aromatic rings. The van der Waals surface area contributed by atoms with Crippen molar-refractivity contribution in [2.75, 3.05) is 30.9 Å². The van der Waals surface area contributed by atoms with Crippen LogP contribution in [0.25, 0.3) is 10.9 Å². The lowest BCUT2D eigenvalue weighted by molar-refractivity contribution is 0.102. The fourth-order valence-electron chi connectivity index (χ4n) is 2.72. The lowest BCUT2D eigenvalue weighted by atomic mass is 10.1. The van der Waals surface area contributed by atoms with Crippen molar-refractivity contribution in [1.29, 1.82) is 0 Å². The number of halogens is 2. The number of pyridine rings is 1. The molecule has 0 saturated carbocycles. The van der Waals surface area contributed by atoms with Crippen LogP contribution >= 0.6 is 0 Å². The molecule has 142 valence electrons. The number of carbonyl (C=O) groups excluding carboxylic acids is 1. The van der Waals surface area contributed by atoms with Gasteiger partial charge in [-0.2, -0.15) is 0 Å². The van der Waals surface area contributed by atoms with E-state index in [1.165, 1.54) is 12.4 Å². The van der Waals surface area contributed by atoms with Crippen LogP contribution in [0.15, 0.2) is 30.6 Å². The summed E-state index contributed by atoms with van der Waals surface area (Å²) < 4.78 is 31.8. The Hall–Kier alpha value is -3.00. The van der Waals surface area contributed by atoms with E-state index in [2.05, 4.69) is 20.6 Å². The van der Waals surface area contributed by atoms with Gasteiger partial charge in [-0.15, -0.1) is 0 Å². The van der Waals surface area contributed by atoms with Crippen molar-refractivity contribution < 1.29 is 18.3 Å². The second kappa shape index (κ2) is 8.13. The Bertz CT molecular complexity index is 972. The van der Waals surface area contributed by atoms with Gasteiger partial charge in [-0.25, -0.2) is 13.8 Å². The molecular weight excluding hydrogens is 354 g/mol. The number of rotatable bonds is 7. The largest absolute Gasteiger partial charge is 0.385 e. The monoisotopic (exact) mass is 374 g/mol. The Kier molecular flexibility index (Phi) is 5.66. The van der Waals surface area contributed by atoms with Gasteiger partial charge in [-0.1, -0.05) is 0 Å². The highest BCUT2D eigenvalue weighted by Crippen LogP contribution is 2.26. The number of aryl methyl sites for hydroxylation is 1. The van der Waals surface area contributed by atoms with Gasteiger partial charge in [0.15, 0.2) is 11.6 Å². The van der Waals surface area contributed by atoms with E-state index >= 15 is 0 Å². The van der Waals surface area contributed by atoms with Crippen molar-refractivity contribution in [3.05, 3.63) is 53.4 Å². The number of hydrogen-bond donors (Lipinski definition) is 3. The molecule has 8 heteroatoms. The average molecular weight is 374 g/mol. The number of carbonyl (C=O) groups is 1. The van der Waals surface area contributed by atoms with Gasteiger partial charge in [-0.3, -0.25) is 4.79 Å². The zero-order valence-corrected chi connectivity index (χ0v) is 15.0. The van der Waals surface area contributed by atoms with Gasteiger partial charge in [0.25, 0.3) is 5.91 Å². The molecule has 0 radical (unpaired) electrons. The third-order valence-electron chi connectivity index (χ3n) is 4.13. The number of amides is 1. The summed E-state index contributed by atoms with van der Waals surface area (Å²) in [7, 11) is 1.65. The summed E-state index contributed by atoms with van der Waals surface area (Å²) in [6.45, 7) is 3.22. The number of aromatic amines is 1. The Labute approximate surface area is 154 Å². The first-order valence-electron chi connectivity index (χ1n) is 8.46. The minimum atomic E-state index is -0.973. The number of anilines is 2. The number of fused-ring (bicyclic) bond motifs is 1. The summed E-state index contributed by atoms with van der Waals surface area (Å²) in [5.74, 6) is -1.61. The quantitative estimate of drug-likeness (QED) is 0.549. The predicted octanol–water partition coefficient (Wildman–Crippen LogP) is 3.85. The number of nitrogens with zero attached hydrogens (tertiary/aromatic N) is 1. The lowest BCUT2D eigenvalue weighted by Crippen LogP contribution is -2.13. The van der Waals surface area contributed by atoms with Crippen LogP contribution in [0.5, 0.6) is 0 Å². The van der Waals surface area contributed by atoms with E-state index in [1.54, 1.807) is 13.2 Å². The van der Waals surface area contributed by atoms with E-state index in [1.807, 2.05) is 6.92 Å². The molecule has 0 bridgehead atoms. The normalized spacial score (nSPS) is 11.0. The average Bonchev–Trinajstić information content (AvgIpc) is 3.01. The molecule has 3 rings (SSSR count). The van der Waals surface area contributed by atoms with Crippen LogP contribution in [-0.4, -0.2) is 36.1 Å². The number of ether oxygens (including phenoxy) is 1. The molecule has 2 heterocycles. The molecule has 1 amide bonds. The van der Waals surface area contributed by atoms with Gasteiger partial charge in [0.1, 0.15) is 5.82 Å². The Morgan fingerprint density at radius 3 is 2.78 bits per heavy atom. The fourth-order valence-corrected chi connectivity index (χ4v) is 2.72. The van der Waals surface area contributed by atoms with Crippen LogP contribution in [0.4, 0.5) is 20.3 Å². The summed E-state index contributed by atoms with van der Waals surface area (Å²) in [6.07, 6.45) is 3.81. The Balaban J connectivity index is 1.73. The SMILES string of the molecule is COCCCNc1ncc(C(=O)Nc2c[nH]c3cc(F)c(F)cc23)cc1C. The fraction of sp³-hybridized carbons (Fsp3) is 0.263. The first kappa shape index (κ1) is 18.8. The van der Waals surface area contributed by atoms with Crippen molar-refractivity contribution in [1.82, 2.24) is 9.97 Å². The van der Waals surface area contributed by atoms with Crippen molar-refractivity contribution in [3.8, 4) is 0 Å². The molecule has 0 atom stereocenters. The maximum absolute atomic E-state index is 13.5. The van der Waals surface area contributed by atoms with Crippen LogP contribution in [0, 0.1) is 18.6 Å². The minimum Gasteiger partial charge on any atom is -0.385 e. The minimum absolute atomic E-state index is 0.367. The molecule has 27 heavy (non-hydrogen) atoms. The van der Waals surface area contributed by atoms with Crippen LogP contribution in [0.1, 0.15) is 22.3 Å². The smallest absolute Gasteiger partial charge is 0.257 e. The van der Waals surface area contributed by atoms with Crippen LogP contribution < -0.4 is 10.6 Å². The van der Waals surface area contributed by atoms with Gasteiger partial charge >= 0.3 is 0 Å². The van der Waals surface area contributed by atoms with E-state index in [0.717, 1.165) is 24.1 Å². The molecule has 3 N–H and O–H groups in total. The highest BCUT2D eigenvalue weighted by molar-refractivity contribution is 6.09. The summed E-state index contributed by atoms with van der Waals surface area (Å²) >= 11 is 0. The van der Waals surface area contributed by atoms with Gasteiger partial charge in [0.05, 0.1) is 16.8 Å². The van der Waals surface area contributed by atoms with Crippen LogP contribution in [0.2, 0.25) is 0 Å². The third kappa shape index (κ3) is 4.22. The zero-order valence-electron chi connectivity index (χ0n) is 15.0. The number of H-pyrrole nitrogens is 1. The molecule has 0 unspecified atom stereocenters. The molecule has 0 saturated heterocycles. The molecule has 0 aliphatic rings. The summed E-state index contributed by atoms with van der Waals surface area (Å²) in [5.41, 5.74) is 1.96. The summed E-state index contributed by atoms with van der Waals surface area (Å²) in [6, 6.07) is 3.82. The second-order valence-electron chi connectivity index (χ2n) is 6.13. The van der Waals surface area contributed by atoms with Crippen molar-refractivity contribution >= 4 is 28.3 Å². The Morgan fingerprint density at radius 2 is 2.04 bits per heavy atom. The topological polar surface area (TPSA) is 79.0 Å².